The fourth-order valence-corrected chi connectivity index (χ4v) is 5.55. The van der Waals surface area contributed by atoms with E-state index in [0.29, 0.717) is 27.9 Å². The van der Waals surface area contributed by atoms with Crippen LogP contribution < -0.4 is 20.1 Å². The molecule has 1 heterocycles. The number of carbonyl (C=O) groups is 3. The summed E-state index contributed by atoms with van der Waals surface area (Å²) in [7, 11) is 1.50. The molecule has 0 unspecified atom stereocenters. The Balaban J connectivity index is 1.30. The molecule has 5 rings (SSSR count). The number of benzene rings is 4. The van der Waals surface area contributed by atoms with Crippen molar-refractivity contribution in [1.29, 1.82) is 0 Å². The molecule has 0 bridgehead atoms. The van der Waals surface area contributed by atoms with Gasteiger partial charge in [-0.15, -0.1) is 0 Å². The van der Waals surface area contributed by atoms with Crippen molar-refractivity contribution in [3.63, 3.8) is 0 Å². The number of methoxy groups -OCH3 is 1. The number of carboxylic acids is 1. The third kappa shape index (κ3) is 7.30. The van der Waals surface area contributed by atoms with Crippen LogP contribution in [0.3, 0.4) is 0 Å². The first kappa shape index (κ1) is 30.4. The Morgan fingerprint density at radius 1 is 0.886 bits per heavy atom. The van der Waals surface area contributed by atoms with Crippen molar-refractivity contribution in [3.8, 4) is 11.5 Å². The minimum atomic E-state index is -1.00. The molecule has 3 amide bonds. The summed E-state index contributed by atoms with van der Waals surface area (Å²) in [4.78, 5) is 39.6. The van der Waals surface area contributed by atoms with E-state index in [1.807, 2.05) is 35.2 Å². The number of halogens is 1. The minimum absolute atomic E-state index is 0.0644. The quantitative estimate of drug-likeness (QED) is 0.177. The zero-order chi connectivity index (χ0) is 31.1. The summed E-state index contributed by atoms with van der Waals surface area (Å²) in [6.07, 6.45) is 1.66. The van der Waals surface area contributed by atoms with Crippen molar-refractivity contribution in [3.05, 3.63) is 119 Å². The number of carboxylic acid groups (broad SMARTS) is 1. The zero-order valence-electron chi connectivity index (χ0n) is 24.0. The van der Waals surface area contributed by atoms with Gasteiger partial charge >= 0.3 is 12.0 Å². The Morgan fingerprint density at radius 3 is 2.30 bits per heavy atom. The number of para-hydroxylation sites is 1. The molecule has 0 saturated carbocycles. The fraction of sp³-hybridized carbons (Fsp3) is 0.206. The van der Waals surface area contributed by atoms with Gasteiger partial charge < -0.3 is 30.1 Å². The van der Waals surface area contributed by atoms with Gasteiger partial charge in [0.25, 0.3) is 0 Å². The number of hydrogen-bond donors (Lipinski definition) is 3. The van der Waals surface area contributed by atoms with Crippen LogP contribution in [0.5, 0.6) is 11.5 Å². The normalized spacial score (nSPS) is 15.8. The van der Waals surface area contributed by atoms with Gasteiger partial charge in [-0.05, 0) is 72.5 Å². The second-order valence-corrected chi connectivity index (χ2v) is 10.8. The van der Waals surface area contributed by atoms with E-state index < -0.39 is 12.0 Å². The number of likely N-dealkylation sites (tertiary alicyclic amines) is 1. The number of aromatic carboxylic acids is 1. The van der Waals surface area contributed by atoms with Crippen molar-refractivity contribution in [1.82, 2.24) is 4.90 Å². The molecule has 0 spiro atoms. The van der Waals surface area contributed by atoms with Crippen LogP contribution in [0.15, 0.2) is 97.1 Å². The highest BCUT2D eigenvalue weighted by molar-refractivity contribution is 6.33. The molecule has 1 fully saturated rings. The monoisotopic (exact) mass is 613 g/mol. The topological polar surface area (TPSA) is 117 Å². The average Bonchev–Trinajstić information content (AvgIpc) is 3.46. The first-order valence-electron chi connectivity index (χ1n) is 14.1. The molecule has 9 nitrogen and oxygen atoms in total. The molecule has 0 aliphatic carbocycles. The molecule has 10 heteroatoms. The highest BCUT2D eigenvalue weighted by atomic mass is 35.5. The lowest BCUT2D eigenvalue weighted by Crippen LogP contribution is -2.41. The zero-order valence-corrected chi connectivity index (χ0v) is 24.8. The number of hydrogen-bond acceptors (Lipinski definition) is 5. The first-order chi connectivity index (χ1) is 21.3. The van der Waals surface area contributed by atoms with Crippen molar-refractivity contribution < 1.29 is 29.0 Å². The number of amides is 3. The van der Waals surface area contributed by atoms with Crippen molar-refractivity contribution in [2.75, 3.05) is 24.4 Å². The molecule has 0 aromatic heterocycles. The second-order valence-electron chi connectivity index (χ2n) is 10.4. The number of urea groups is 1. The Morgan fingerprint density at radius 2 is 1.59 bits per heavy atom. The molecule has 3 N–H and O–H groups in total. The molecule has 2 atom stereocenters. The Bertz CT molecular complexity index is 1630. The van der Waals surface area contributed by atoms with Crippen LogP contribution in [0.4, 0.5) is 16.2 Å². The number of carbonyl (C=O) groups excluding carboxylic acids is 2. The van der Waals surface area contributed by atoms with E-state index >= 15 is 0 Å². The maximum atomic E-state index is 13.9. The van der Waals surface area contributed by atoms with E-state index in [9.17, 15) is 14.4 Å². The summed E-state index contributed by atoms with van der Waals surface area (Å²) in [6, 6.07) is 27.5. The number of ether oxygens (including phenoxy) is 2. The largest absolute Gasteiger partial charge is 0.495 e. The minimum Gasteiger partial charge on any atom is -0.495 e. The van der Waals surface area contributed by atoms with Crippen molar-refractivity contribution >= 4 is 40.9 Å². The average molecular weight is 614 g/mol. The molecule has 1 saturated heterocycles. The third-order valence-electron chi connectivity index (χ3n) is 7.51. The van der Waals surface area contributed by atoms with Gasteiger partial charge in [0.05, 0.1) is 47.6 Å². The Labute approximate surface area is 260 Å². The predicted molar refractivity (Wildman–Crippen MR) is 169 cm³/mol. The molecule has 1 aliphatic rings. The maximum Gasteiger partial charge on any atom is 0.335 e. The summed E-state index contributed by atoms with van der Waals surface area (Å²) in [5.41, 5.74) is 2.87. The summed E-state index contributed by atoms with van der Waals surface area (Å²) < 4.78 is 11.6. The lowest BCUT2D eigenvalue weighted by Gasteiger charge is -2.31. The van der Waals surface area contributed by atoms with Crippen LogP contribution in [-0.2, 0) is 11.2 Å². The Hall–Kier alpha value is -5.02. The number of nitrogens with zero attached hydrogens (tertiary/aromatic N) is 1. The van der Waals surface area contributed by atoms with Gasteiger partial charge in [0.15, 0.2) is 0 Å². The van der Waals surface area contributed by atoms with E-state index in [4.69, 9.17) is 26.2 Å². The lowest BCUT2D eigenvalue weighted by molar-refractivity contribution is -0.134. The number of nitrogens with one attached hydrogen (secondary N) is 2. The van der Waals surface area contributed by atoms with Crippen LogP contribution in [0.25, 0.3) is 0 Å². The first-order valence-corrected chi connectivity index (χ1v) is 14.5. The SMILES string of the molecule is COc1cc(CC(=O)N2[C@H](COc3ccc(C(=O)O)cc3)CC[C@@H]2c2ccccc2)ccc1NC(=O)Nc1ccccc1Cl. The predicted octanol–water partition coefficient (Wildman–Crippen LogP) is 7.04. The summed E-state index contributed by atoms with van der Waals surface area (Å²) in [5.74, 6) is -0.117. The van der Waals surface area contributed by atoms with Crippen LogP contribution in [-0.4, -0.2) is 47.7 Å². The maximum absolute atomic E-state index is 13.9. The van der Waals surface area contributed by atoms with Gasteiger partial charge in [-0.3, -0.25) is 4.79 Å². The van der Waals surface area contributed by atoms with E-state index in [0.717, 1.165) is 24.0 Å². The molecular formula is C34H32ClN3O6. The molecule has 0 radical (unpaired) electrons. The van der Waals surface area contributed by atoms with Gasteiger partial charge in [-0.2, -0.15) is 0 Å². The molecule has 1 aliphatic heterocycles. The highest BCUT2D eigenvalue weighted by Crippen LogP contribution is 2.37. The summed E-state index contributed by atoms with van der Waals surface area (Å²) in [6.45, 7) is 0.272. The molecule has 44 heavy (non-hydrogen) atoms. The molecule has 4 aromatic carbocycles. The molecule has 4 aromatic rings. The Kier molecular flexibility index (Phi) is 9.66. The third-order valence-corrected chi connectivity index (χ3v) is 7.84. The molecule has 226 valence electrons. The second kappa shape index (κ2) is 14.0. The van der Waals surface area contributed by atoms with E-state index in [-0.39, 0.29) is 36.6 Å². The summed E-state index contributed by atoms with van der Waals surface area (Å²) >= 11 is 6.15. The van der Waals surface area contributed by atoms with Gasteiger partial charge in [0.2, 0.25) is 5.91 Å². The summed E-state index contributed by atoms with van der Waals surface area (Å²) in [5, 5.41) is 15.1. The lowest BCUT2D eigenvalue weighted by atomic mass is 10.0. The van der Waals surface area contributed by atoms with Gasteiger partial charge in [-0.1, -0.05) is 60.1 Å². The van der Waals surface area contributed by atoms with Gasteiger partial charge in [0, 0.05) is 0 Å². The number of anilines is 2. The van der Waals surface area contributed by atoms with Crippen molar-refractivity contribution in [2.24, 2.45) is 0 Å². The smallest absolute Gasteiger partial charge is 0.335 e. The van der Waals surface area contributed by atoms with Crippen LogP contribution >= 0.6 is 11.6 Å². The van der Waals surface area contributed by atoms with Gasteiger partial charge in [-0.25, -0.2) is 9.59 Å². The van der Waals surface area contributed by atoms with Crippen molar-refractivity contribution in [2.45, 2.75) is 31.3 Å². The molecular weight excluding hydrogens is 582 g/mol. The number of rotatable bonds is 10. The van der Waals surface area contributed by atoms with Crippen LogP contribution in [0.1, 0.15) is 40.4 Å². The van der Waals surface area contributed by atoms with Gasteiger partial charge in [0.1, 0.15) is 18.1 Å². The van der Waals surface area contributed by atoms with E-state index in [1.54, 1.807) is 54.6 Å². The highest BCUT2D eigenvalue weighted by Gasteiger charge is 2.38. The van der Waals surface area contributed by atoms with E-state index in [2.05, 4.69) is 10.6 Å². The van der Waals surface area contributed by atoms with Crippen LogP contribution in [0, 0.1) is 0 Å². The fourth-order valence-electron chi connectivity index (χ4n) is 5.37. The standard InChI is InChI=1S/C34H32ClN3O6/c1-43-31-19-22(11-17-29(31)37-34(42)36-28-10-6-5-9-27(28)35)20-32(39)38-25(14-18-30(38)23-7-3-2-4-8-23)21-44-26-15-12-24(13-16-26)33(40)41/h2-13,15-17,19,25,30H,14,18,20-21H2,1H3,(H,40,41)(H2,36,37,42)/t25-,30+/m0/s1. The van der Waals surface area contributed by atoms with E-state index in [1.165, 1.54) is 19.2 Å². The van der Waals surface area contributed by atoms with Crippen LogP contribution in [0.2, 0.25) is 5.02 Å².